The van der Waals surface area contributed by atoms with Crippen LogP contribution >= 0.6 is 0 Å². The van der Waals surface area contributed by atoms with Crippen molar-refractivity contribution in [3.05, 3.63) is 30.1 Å². The summed E-state index contributed by atoms with van der Waals surface area (Å²) in [5.41, 5.74) is 0.518. The lowest BCUT2D eigenvalue weighted by Gasteiger charge is -2.23. The van der Waals surface area contributed by atoms with Crippen molar-refractivity contribution in [2.75, 3.05) is 6.54 Å². The normalized spacial score (nSPS) is 19.3. The lowest BCUT2D eigenvalue weighted by molar-refractivity contribution is -0.137. The molecule has 1 aromatic heterocycles. The van der Waals surface area contributed by atoms with E-state index in [1.165, 1.54) is 6.20 Å². The summed E-state index contributed by atoms with van der Waals surface area (Å²) in [7, 11) is 0. The van der Waals surface area contributed by atoms with Crippen LogP contribution in [-0.2, 0) is 4.79 Å². The Labute approximate surface area is 99.1 Å². The van der Waals surface area contributed by atoms with Gasteiger partial charge in [0.2, 0.25) is 0 Å². The largest absolute Gasteiger partial charge is 0.481 e. The van der Waals surface area contributed by atoms with E-state index in [1.807, 2.05) is 0 Å². The molecule has 0 radical (unpaired) electrons. The Morgan fingerprint density at radius 3 is 3.00 bits per heavy atom. The summed E-state index contributed by atoms with van der Waals surface area (Å²) in [5.74, 6) is -0.984. The molecule has 5 nitrogen and oxygen atoms in total. The van der Waals surface area contributed by atoms with Gasteiger partial charge in [-0.25, -0.2) is 0 Å². The fourth-order valence-corrected chi connectivity index (χ4v) is 2.17. The zero-order chi connectivity index (χ0) is 12.3. The van der Waals surface area contributed by atoms with Gasteiger partial charge >= 0.3 is 5.97 Å². The van der Waals surface area contributed by atoms with Gasteiger partial charge in [-0.2, -0.15) is 0 Å². The van der Waals surface area contributed by atoms with Crippen LogP contribution in [0.2, 0.25) is 0 Å². The van der Waals surface area contributed by atoms with Gasteiger partial charge in [-0.1, -0.05) is 0 Å². The van der Waals surface area contributed by atoms with Crippen molar-refractivity contribution in [2.24, 2.45) is 0 Å². The molecular formula is C12H14N2O3. The summed E-state index contributed by atoms with van der Waals surface area (Å²) in [6.07, 6.45) is 4.77. The minimum Gasteiger partial charge on any atom is -0.481 e. The number of hydrogen-bond acceptors (Lipinski definition) is 3. The number of carbonyl (C=O) groups is 2. The number of likely N-dealkylation sites (tertiary alicyclic amines) is 1. The number of hydrogen-bond donors (Lipinski definition) is 1. The molecule has 1 amide bonds. The van der Waals surface area contributed by atoms with Gasteiger partial charge in [0.15, 0.2) is 0 Å². The van der Waals surface area contributed by atoms with Crippen LogP contribution in [0.15, 0.2) is 24.5 Å². The second-order valence-electron chi connectivity index (χ2n) is 4.13. The average molecular weight is 234 g/mol. The number of aromatic nitrogens is 1. The molecule has 2 heterocycles. The fourth-order valence-electron chi connectivity index (χ4n) is 2.17. The predicted octanol–water partition coefficient (Wildman–Crippen LogP) is 1.16. The molecule has 0 aromatic carbocycles. The molecule has 17 heavy (non-hydrogen) atoms. The summed E-state index contributed by atoms with van der Waals surface area (Å²) < 4.78 is 0. The second-order valence-corrected chi connectivity index (χ2v) is 4.13. The third kappa shape index (κ3) is 2.61. The Kier molecular flexibility index (Phi) is 3.37. The molecule has 1 fully saturated rings. The van der Waals surface area contributed by atoms with Crippen LogP contribution in [-0.4, -0.2) is 39.5 Å². The summed E-state index contributed by atoms with van der Waals surface area (Å²) in [4.78, 5) is 28.4. The standard InChI is InChI=1S/C12H14N2O3/c15-11(16)7-10-4-2-6-14(10)12(17)9-3-1-5-13-8-9/h1,3,5,8,10H,2,4,6-7H2,(H,15,16). The molecule has 2 rings (SSSR count). The van der Waals surface area contributed by atoms with Crippen molar-refractivity contribution in [2.45, 2.75) is 25.3 Å². The van der Waals surface area contributed by atoms with E-state index < -0.39 is 5.97 Å². The molecular weight excluding hydrogens is 220 g/mol. The molecule has 5 heteroatoms. The molecule has 0 saturated carbocycles. The van der Waals surface area contributed by atoms with Crippen molar-refractivity contribution in [1.82, 2.24) is 9.88 Å². The summed E-state index contributed by atoms with van der Waals surface area (Å²) in [6, 6.07) is 3.22. The van der Waals surface area contributed by atoms with E-state index in [1.54, 1.807) is 23.2 Å². The summed E-state index contributed by atoms with van der Waals surface area (Å²) in [5, 5.41) is 8.79. The molecule has 1 aromatic rings. The van der Waals surface area contributed by atoms with E-state index in [4.69, 9.17) is 5.11 Å². The number of pyridine rings is 1. The van der Waals surface area contributed by atoms with Crippen molar-refractivity contribution in [3.63, 3.8) is 0 Å². The first kappa shape index (κ1) is 11.6. The highest BCUT2D eigenvalue weighted by Gasteiger charge is 2.30. The Morgan fingerprint density at radius 2 is 2.35 bits per heavy atom. The second kappa shape index (κ2) is 4.95. The number of rotatable bonds is 3. The minimum atomic E-state index is -0.860. The van der Waals surface area contributed by atoms with Crippen LogP contribution in [0.5, 0.6) is 0 Å². The Balaban J connectivity index is 2.11. The van der Waals surface area contributed by atoms with Crippen molar-refractivity contribution in [3.8, 4) is 0 Å². The van der Waals surface area contributed by atoms with Crippen molar-refractivity contribution < 1.29 is 14.7 Å². The third-order valence-electron chi connectivity index (χ3n) is 2.96. The van der Waals surface area contributed by atoms with E-state index in [2.05, 4.69) is 4.98 Å². The molecule has 1 aliphatic rings. The quantitative estimate of drug-likeness (QED) is 0.852. The molecule has 1 N–H and O–H groups in total. The number of carboxylic acid groups (broad SMARTS) is 1. The third-order valence-corrected chi connectivity index (χ3v) is 2.96. The van der Waals surface area contributed by atoms with Gasteiger partial charge in [0.1, 0.15) is 0 Å². The van der Waals surface area contributed by atoms with Gasteiger partial charge in [-0.15, -0.1) is 0 Å². The van der Waals surface area contributed by atoms with Crippen LogP contribution in [0, 0.1) is 0 Å². The Bertz CT molecular complexity index is 419. The van der Waals surface area contributed by atoms with Crippen LogP contribution < -0.4 is 0 Å². The summed E-state index contributed by atoms with van der Waals surface area (Å²) >= 11 is 0. The van der Waals surface area contributed by atoms with Crippen LogP contribution in [0.3, 0.4) is 0 Å². The molecule has 1 aliphatic heterocycles. The zero-order valence-electron chi connectivity index (χ0n) is 9.37. The van der Waals surface area contributed by atoms with Gasteiger partial charge < -0.3 is 10.0 Å². The van der Waals surface area contributed by atoms with E-state index >= 15 is 0 Å². The molecule has 1 saturated heterocycles. The molecule has 0 bridgehead atoms. The number of carboxylic acids is 1. The first-order chi connectivity index (χ1) is 8.18. The van der Waals surface area contributed by atoms with Crippen LogP contribution in [0.4, 0.5) is 0 Å². The van der Waals surface area contributed by atoms with Gasteiger partial charge in [0.25, 0.3) is 5.91 Å². The van der Waals surface area contributed by atoms with Gasteiger partial charge in [0, 0.05) is 25.0 Å². The molecule has 0 aliphatic carbocycles. The zero-order valence-corrected chi connectivity index (χ0v) is 9.37. The molecule has 1 unspecified atom stereocenters. The number of carbonyl (C=O) groups excluding carboxylic acids is 1. The summed E-state index contributed by atoms with van der Waals surface area (Å²) in [6.45, 7) is 0.631. The number of amides is 1. The minimum absolute atomic E-state index is 0.0198. The lowest BCUT2D eigenvalue weighted by Crippen LogP contribution is -2.36. The van der Waals surface area contributed by atoms with Gasteiger partial charge in [-0.3, -0.25) is 14.6 Å². The first-order valence-electron chi connectivity index (χ1n) is 5.61. The predicted molar refractivity (Wildman–Crippen MR) is 60.5 cm³/mol. The smallest absolute Gasteiger partial charge is 0.305 e. The van der Waals surface area contributed by atoms with Crippen LogP contribution in [0.1, 0.15) is 29.6 Å². The maximum Gasteiger partial charge on any atom is 0.305 e. The highest BCUT2D eigenvalue weighted by atomic mass is 16.4. The highest BCUT2D eigenvalue weighted by molar-refractivity contribution is 5.94. The average Bonchev–Trinajstić information content (AvgIpc) is 2.76. The SMILES string of the molecule is O=C(O)CC1CCCN1C(=O)c1cccnc1. The maximum absolute atomic E-state index is 12.1. The molecule has 0 spiro atoms. The maximum atomic E-state index is 12.1. The first-order valence-corrected chi connectivity index (χ1v) is 5.61. The van der Waals surface area contributed by atoms with E-state index in [-0.39, 0.29) is 18.4 Å². The Hall–Kier alpha value is -1.91. The molecule has 1 atom stereocenters. The number of nitrogens with zero attached hydrogens (tertiary/aromatic N) is 2. The monoisotopic (exact) mass is 234 g/mol. The molecule has 90 valence electrons. The Morgan fingerprint density at radius 1 is 1.53 bits per heavy atom. The lowest BCUT2D eigenvalue weighted by atomic mass is 10.1. The van der Waals surface area contributed by atoms with E-state index in [9.17, 15) is 9.59 Å². The van der Waals surface area contributed by atoms with Gasteiger partial charge in [0.05, 0.1) is 12.0 Å². The van der Waals surface area contributed by atoms with E-state index in [0.717, 1.165) is 12.8 Å². The highest BCUT2D eigenvalue weighted by Crippen LogP contribution is 2.22. The topological polar surface area (TPSA) is 70.5 Å². The van der Waals surface area contributed by atoms with Crippen LogP contribution in [0.25, 0.3) is 0 Å². The number of aliphatic carboxylic acids is 1. The fraction of sp³-hybridized carbons (Fsp3) is 0.417. The van der Waals surface area contributed by atoms with Crippen molar-refractivity contribution in [1.29, 1.82) is 0 Å². The van der Waals surface area contributed by atoms with Gasteiger partial charge in [-0.05, 0) is 25.0 Å². The van der Waals surface area contributed by atoms with E-state index in [0.29, 0.717) is 12.1 Å². The van der Waals surface area contributed by atoms with Crippen molar-refractivity contribution >= 4 is 11.9 Å².